The summed E-state index contributed by atoms with van der Waals surface area (Å²) >= 11 is 18.0. The van der Waals surface area contributed by atoms with Gasteiger partial charge in [0, 0.05) is 22.5 Å². The van der Waals surface area contributed by atoms with E-state index in [1.807, 2.05) is 6.07 Å². The van der Waals surface area contributed by atoms with Crippen LogP contribution in [0.3, 0.4) is 0 Å². The molecular formula is C15H18Cl2N2OS. The van der Waals surface area contributed by atoms with Gasteiger partial charge in [-0.15, -0.1) is 0 Å². The maximum atomic E-state index is 6.34. The molecule has 0 radical (unpaired) electrons. The third-order valence-electron chi connectivity index (χ3n) is 4.52. The van der Waals surface area contributed by atoms with Crippen LogP contribution in [-0.4, -0.2) is 21.8 Å². The summed E-state index contributed by atoms with van der Waals surface area (Å²) < 4.78 is 6.34. The maximum Gasteiger partial charge on any atom is 0.187 e. The average molecular weight is 345 g/mol. The molecule has 1 N–H and O–H groups in total. The lowest BCUT2D eigenvalue weighted by Gasteiger charge is -2.57. The van der Waals surface area contributed by atoms with Gasteiger partial charge in [-0.2, -0.15) is 0 Å². The number of nitrogens with zero attached hydrogens (tertiary/aromatic N) is 1. The minimum absolute atomic E-state index is 0.0532. The molecule has 1 aromatic carbocycles. The number of ether oxygens (including phenoxy) is 1. The lowest BCUT2D eigenvalue weighted by molar-refractivity contribution is -0.121. The first-order valence-corrected chi connectivity index (χ1v) is 8.20. The molecule has 2 heterocycles. The van der Waals surface area contributed by atoms with Crippen molar-refractivity contribution in [1.29, 1.82) is 0 Å². The van der Waals surface area contributed by atoms with Gasteiger partial charge in [-0.05, 0) is 45.1 Å². The number of hydrogen-bond acceptors (Lipinski definition) is 2. The van der Waals surface area contributed by atoms with Crippen LogP contribution in [0, 0.1) is 5.92 Å². The second-order valence-corrected chi connectivity index (χ2v) is 7.37. The number of hydrogen-bond donors (Lipinski definition) is 1. The highest BCUT2D eigenvalue weighted by atomic mass is 35.5. The van der Waals surface area contributed by atoms with Crippen molar-refractivity contribution in [3.8, 4) is 5.75 Å². The zero-order chi connectivity index (χ0) is 15.5. The molecule has 0 amide bonds. The quantitative estimate of drug-likeness (QED) is 0.764. The van der Waals surface area contributed by atoms with Crippen LogP contribution in [0.5, 0.6) is 5.75 Å². The van der Waals surface area contributed by atoms with Crippen molar-refractivity contribution < 1.29 is 4.74 Å². The Balaban J connectivity index is 2.19. The summed E-state index contributed by atoms with van der Waals surface area (Å²) in [6.07, 6.45) is 0. The summed E-state index contributed by atoms with van der Waals surface area (Å²) in [5.74, 6) is 0.904. The molecule has 3 atom stereocenters. The molecule has 0 saturated carbocycles. The van der Waals surface area contributed by atoms with Gasteiger partial charge in [0.15, 0.2) is 10.8 Å². The molecule has 0 aliphatic carbocycles. The Morgan fingerprint density at radius 1 is 1.38 bits per heavy atom. The van der Waals surface area contributed by atoms with Gasteiger partial charge >= 0.3 is 0 Å². The zero-order valence-electron chi connectivity index (χ0n) is 12.4. The molecule has 3 unspecified atom stereocenters. The van der Waals surface area contributed by atoms with Crippen LogP contribution >= 0.6 is 35.4 Å². The summed E-state index contributed by atoms with van der Waals surface area (Å²) in [5, 5.41) is 5.28. The Morgan fingerprint density at radius 3 is 2.67 bits per heavy atom. The van der Waals surface area contributed by atoms with E-state index in [4.69, 9.17) is 40.2 Å². The van der Waals surface area contributed by atoms with E-state index in [1.54, 1.807) is 6.07 Å². The van der Waals surface area contributed by atoms with E-state index in [9.17, 15) is 0 Å². The molecule has 21 heavy (non-hydrogen) atoms. The van der Waals surface area contributed by atoms with Crippen molar-refractivity contribution >= 4 is 40.5 Å². The van der Waals surface area contributed by atoms with E-state index < -0.39 is 5.72 Å². The van der Waals surface area contributed by atoms with Crippen molar-refractivity contribution in [3.63, 3.8) is 0 Å². The Morgan fingerprint density at radius 2 is 2.05 bits per heavy atom. The van der Waals surface area contributed by atoms with E-state index in [2.05, 4.69) is 37.9 Å². The van der Waals surface area contributed by atoms with Crippen LogP contribution < -0.4 is 10.1 Å². The molecule has 3 rings (SSSR count). The predicted molar refractivity (Wildman–Crippen MR) is 90.1 cm³/mol. The number of thiocarbonyl (C=S) groups is 1. The second kappa shape index (κ2) is 4.90. The monoisotopic (exact) mass is 344 g/mol. The SMILES string of the molecule is CC(C)N1C(=S)NC2c3cc(Cl)cc(Cl)c3OC1(C)C2C. The van der Waals surface area contributed by atoms with E-state index in [1.165, 1.54) is 0 Å². The minimum Gasteiger partial charge on any atom is -0.466 e. The maximum absolute atomic E-state index is 6.34. The van der Waals surface area contributed by atoms with E-state index in [-0.39, 0.29) is 18.0 Å². The standard InChI is InChI=1S/C15H18Cl2N2OS/c1-7(2)19-14(21)18-12-8(3)15(19,4)20-13-10(12)5-9(16)6-11(13)17/h5-8,12H,1-4H3,(H,18,21). The van der Waals surface area contributed by atoms with Crippen LogP contribution in [0.25, 0.3) is 0 Å². The molecule has 1 saturated heterocycles. The van der Waals surface area contributed by atoms with Gasteiger partial charge in [-0.3, -0.25) is 0 Å². The van der Waals surface area contributed by atoms with Gasteiger partial charge < -0.3 is 15.0 Å². The Bertz CT molecular complexity index is 622. The Kier molecular flexibility index (Phi) is 3.55. The first-order valence-electron chi connectivity index (χ1n) is 7.03. The third-order valence-corrected chi connectivity index (χ3v) is 5.33. The topological polar surface area (TPSA) is 24.5 Å². The molecule has 3 nitrogen and oxygen atoms in total. The van der Waals surface area contributed by atoms with Crippen molar-refractivity contribution in [2.45, 2.75) is 45.5 Å². The Hall–Kier alpha value is -0.710. The fourth-order valence-corrected chi connectivity index (χ4v) is 4.49. The van der Waals surface area contributed by atoms with Crippen LogP contribution in [0.15, 0.2) is 12.1 Å². The smallest absolute Gasteiger partial charge is 0.187 e. The van der Waals surface area contributed by atoms with Gasteiger partial charge in [0.05, 0.1) is 11.1 Å². The van der Waals surface area contributed by atoms with Gasteiger partial charge in [-0.25, -0.2) is 0 Å². The van der Waals surface area contributed by atoms with Crippen molar-refractivity contribution in [1.82, 2.24) is 10.2 Å². The first kappa shape index (κ1) is 15.2. The van der Waals surface area contributed by atoms with Crippen LogP contribution in [0.2, 0.25) is 10.0 Å². The molecule has 6 heteroatoms. The predicted octanol–water partition coefficient (Wildman–Crippen LogP) is 4.38. The fraction of sp³-hybridized carbons (Fsp3) is 0.533. The van der Waals surface area contributed by atoms with E-state index in [0.29, 0.717) is 20.9 Å². The summed E-state index contributed by atoms with van der Waals surface area (Å²) in [6, 6.07) is 3.91. The average Bonchev–Trinajstić information content (AvgIpc) is 2.35. The molecule has 0 spiro atoms. The molecule has 2 aliphatic heterocycles. The molecule has 0 aromatic heterocycles. The Labute approximate surface area is 140 Å². The molecule has 2 aliphatic rings. The molecular weight excluding hydrogens is 327 g/mol. The lowest BCUT2D eigenvalue weighted by Crippen LogP contribution is -2.70. The van der Waals surface area contributed by atoms with Crippen LogP contribution in [-0.2, 0) is 0 Å². The highest BCUT2D eigenvalue weighted by Gasteiger charge is 2.54. The largest absolute Gasteiger partial charge is 0.466 e. The number of nitrogens with one attached hydrogen (secondary N) is 1. The van der Waals surface area contributed by atoms with Crippen molar-refractivity contribution in [3.05, 3.63) is 27.7 Å². The number of halogens is 2. The van der Waals surface area contributed by atoms with Gasteiger partial charge in [0.2, 0.25) is 0 Å². The van der Waals surface area contributed by atoms with Crippen LogP contribution in [0.4, 0.5) is 0 Å². The lowest BCUT2D eigenvalue weighted by atomic mass is 9.80. The van der Waals surface area contributed by atoms with Crippen molar-refractivity contribution in [2.75, 3.05) is 0 Å². The number of benzene rings is 1. The summed E-state index contributed by atoms with van der Waals surface area (Å²) in [5.41, 5.74) is 0.453. The van der Waals surface area contributed by atoms with Gasteiger partial charge in [0.25, 0.3) is 0 Å². The van der Waals surface area contributed by atoms with E-state index >= 15 is 0 Å². The third kappa shape index (κ3) is 2.11. The summed E-state index contributed by atoms with van der Waals surface area (Å²) in [7, 11) is 0. The minimum atomic E-state index is -0.522. The van der Waals surface area contributed by atoms with Crippen LogP contribution in [0.1, 0.15) is 39.3 Å². The molecule has 1 aromatic rings. The molecule has 1 fully saturated rings. The highest BCUT2D eigenvalue weighted by molar-refractivity contribution is 7.80. The van der Waals surface area contributed by atoms with Gasteiger partial charge in [-0.1, -0.05) is 30.1 Å². The van der Waals surface area contributed by atoms with Crippen molar-refractivity contribution in [2.24, 2.45) is 5.92 Å². The zero-order valence-corrected chi connectivity index (χ0v) is 14.7. The van der Waals surface area contributed by atoms with Gasteiger partial charge in [0.1, 0.15) is 5.75 Å². The summed E-state index contributed by atoms with van der Waals surface area (Å²) in [6.45, 7) is 8.45. The molecule has 2 bridgehead atoms. The number of fused-ring (bicyclic) bond motifs is 4. The first-order chi connectivity index (χ1) is 9.75. The summed E-state index contributed by atoms with van der Waals surface area (Å²) in [4.78, 5) is 2.11. The number of rotatable bonds is 1. The second-order valence-electron chi connectivity index (χ2n) is 6.14. The fourth-order valence-electron chi connectivity index (χ4n) is 3.42. The van der Waals surface area contributed by atoms with E-state index in [0.717, 1.165) is 5.56 Å². The molecule has 114 valence electrons. The highest BCUT2D eigenvalue weighted by Crippen LogP contribution is 2.51. The normalized spacial score (nSPS) is 30.8.